The molecule has 0 saturated carbocycles. The van der Waals surface area contributed by atoms with E-state index in [1.807, 2.05) is 6.92 Å². The number of hydrogen-bond acceptors (Lipinski definition) is 3. The molecule has 0 aliphatic rings. The Kier molecular flexibility index (Phi) is 21.0. The highest BCUT2D eigenvalue weighted by Gasteiger charge is 2.02. The van der Waals surface area contributed by atoms with E-state index in [0.29, 0.717) is 6.42 Å². The third-order valence-electron chi connectivity index (χ3n) is 5.77. The summed E-state index contributed by atoms with van der Waals surface area (Å²) in [5.74, 6) is -0.0848. The predicted octanol–water partition coefficient (Wildman–Crippen LogP) is 7.45. The van der Waals surface area contributed by atoms with Crippen molar-refractivity contribution in [2.24, 2.45) is 0 Å². The van der Waals surface area contributed by atoms with E-state index in [2.05, 4.69) is 0 Å². The lowest BCUT2D eigenvalue weighted by atomic mass is 10.0. The fourth-order valence-corrected chi connectivity index (χ4v) is 4.48. The van der Waals surface area contributed by atoms with E-state index in [1.165, 1.54) is 109 Å². The molecule has 29 heavy (non-hydrogen) atoms. The maximum Gasteiger partial charge on any atom is 0.264 e. The maximum absolute atomic E-state index is 10.6. The van der Waals surface area contributed by atoms with Gasteiger partial charge in [-0.25, -0.2) is 0 Å². The Hall–Kier alpha value is -0.130. The number of unbranched alkanes of at least 4 members (excludes halogenated alkanes) is 19. The zero-order valence-corrected chi connectivity index (χ0v) is 20.1. The van der Waals surface area contributed by atoms with Crippen molar-refractivity contribution in [2.75, 3.05) is 5.75 Å². The van der Waals surface area contributed by atoms with Crippen LogP contribution in [0.5, 0.6) is 0 Å². The fraction of sp³-hybridized carbons (Fsp3) is 1.00. The lowest BCUT2D eigenvalue weighted by Crippen LogP contribution is -2.03. The highest BCUT2D eigenvalue weighted by molar-refractivity contribution is 7.85. The molecule has 0 fully saturated rings. The smallest absolute Gasteiger partial charge is 0.264 e. The molecule has 1 atom stereocenters. The number of aliphatic hydroxyl groups excluding tert-OH is 1. The third-order valence-corrected chi connectivity index (χ3v) is 6.58. The zero-order chi connectivity index (χ0) is 21.6. The summed E-state index contributed by atoms with van der Waals surface area (Å²) in [4.78, 5) is 0. The van der Waals surface area contributed by atoms with E-state index in [4.69, 9.17) is 4.55 Å². The first kappa shape index (κ1) is 28.9. The Bertz CT molecular complexity index is 421. The zero-order valence-electron chi connectivity index (χ0n) is 19.3. The van der Waals surface area contributed by atoms with Gasteiger partial charge in [0.25, 0.3) is 10.1 Å². The van der Waals surface area contributed by atoms with Crippen LogP contribution in [0.25, 0.3) is 0 Å². The SMILES string of the molecule is CC(O)CCCCCCCCCCCCCCCCCCCCCCS(=O)(=O)O. The van der Waals surface area contributed by atoms with Gasteiger partial charge in [-0.1, -0.05) is 122 Å². The molecule has 0 bridgehead atoms. The monoisotopic (exact) mass is 434 g/mol. The van der Waals surface area contributed by atoms with Crippen LogP contribution in [0.4, 0.5) is 0 Å². The standard InChI is InChI=1S/C24H50O4S/c1-24(25)22-20-18-16-14-12-10-8-6-4-2-3-5-7-9-11-13-15-17-19-21-23-29(26,27)28/h24-25H,2-23H2,1H3,(H,26,27,28). The number of rotatable bonds is 23. The lowest BCUT2D eigenvalue weighted by molar-refractivity contribution is 0.180. The van der Waals surface area contributed by atoms with Gasteiger partial charge in [0.2, 0.25) is 0 Å². The van der Waals surface area contributed by atoms with E-state index >= 15 is 0 Å². The minimum atomic E-state index is -3.76. The van der Waals surface area contributed by atoms with Crippen LogP contribution >= 0.6 is 0 Å². The summed E-state index contributed by atoms with van der Waals surface area (Å²) in [6.45, 7) is 1.88. The second-order valence-corrected chi connectivity index (χ2v) is 10.6. The Labute approximate surface area is 182 Å². The summed E-state index contributed by atoms with van der Waals surface area (Å²) >= 11 is 0. The van der Waals surface area contributed by atoms with Crippen LogP contribution in [0.15, 0.2) is 0 Å². The molecule has 0 spiro atoms. The van der Waals surface area contributed by atoms with Gasteiger partial charge in [0.05, 0.1) is 11.9 Å². The molecule has 0 heterocycles. The van der Waals surface area contributed by atoms with Crippen LogP contribution in [0, 0.1) is 0 Å². The highest BCUT2D eigenvalue weighted by atomic mass is 32.2. The van der Waals surface area contributed by atoms with E-state index in [0.717, 1.165) is 19.3 Å². The van der Waals surface area contributed by atoms with E-state index in [9.17, 15) is 13.5 Å². The molecule has 0 amide bonds. The summed E-state index contributed by atoms with van der Waals surface area (Å²) in [5, 5.41) is 9.21. The molecular formula is C24H50O4S. The van der Waals surface area contributed by atoms with Gasteiger partial charge >= 0.3 is 0 Å². The molecule has 5 heteroatoms. The van der Waals surface area contributed by atoms with Crippen molar-refractivity contribution in [3.05, 3.63) is 0 Å². The number of aliphatic hydroxyl groups is 1. The van der Waals surface area contributed by atoms with E-state index in [1.54, 1.807) is 0 Å². The lowest BCUT2D eigenvalue weighted by Gasteiger charge is -2.05. The Morgan fingerprint density at radius 1 is 0.517 bits per heavy atom. The van der Waals surface area contributed by atoms with Crippen molar-refractivity contribution in [1.82, 2.24) is 0 Å². The van der Waals surface area contributed by atoms with Crippen molar-refractivity contribution in [1.29, 1.82) is 0 Å². The van der Waals surface area contributed by atoms with E-state index in [-0.39, 0.29) is 11.9 Å². The minimum absolute atomic E-state index is 0.0848. The second-order valence-electron chi connectivity index (χ2n) is 8.99. The van der Waals surface area contributed by atoms with Gasteiger partial charge in [0, 0.05) is 0 Å². The molecule has 0 aromatic rings. The molecule has 176 valence electrons. The summed E-state index contributed by atoms with van der Waals surface area (Å²) in [7, 11) is -3.76. The first-order valence-electron chi connectivity index (χ1n) is 12.5. The summed E-state index contributed by atoms with van der Waals surface area (Å²) in [5.41, 5.74) is 0. The summed E-state index contributed by atoms with van der Waals surface area (Å²) in [6, 6.07) is 0. The minimum Gasteiger partial charge on any atom is -0.393 e. The molecule has 1 unspecified atom stereocenters. The highest BCUT2D eigenvalue weighted by Crippen LogP contribution is 2.15. The van der Waals surface area contributed by atoms with Crippen LogP contribution in [0.2, 0.25) is 0 Å². The molecule has 0 aliphatic heterocycles. The Morgan fingerprint density at radius 2 is 0.759 bits per heavy atom. The van der Waals surface area contributed by atoms with Crippen molar-refractivity contribution in [3.63, 3.8) is 0 Å². The van der Waals surface area contributed by atoms with Crippen molar-refractivity contribution in [3.8, 4) is 0 Å². The van der Waals surface area contributed by atoms with Crippen LogP contribution in [0.1, 0.15) is 142 Å². The van der Waals surface area contributed by atoms with Gasteiger partial charge in [-0.15, -0.1) is 0 Å². The molecule has 0 aliphatic carbocycles. The molecule has 2 N–H and O–H groups in total. The topological polar surface area (TPSA) is 74.6 Å². The van der Waals surface area contributed by atoms with E-state index < -0.39 is 10.1 Å². The Morgan fingerprint density at radius 3 is 1.00 bits per heavy atom. The summed E-state index contributed by atoms with van der Waals surface area (Å²) in [6.07, 6.45) is 26.2. The molecule has 0 aromatic heterocycles. The molecular weight excluding hydrogens is 384 g/mol. The first-order chi connectivity index (χ1) is 13.9. The maximum atomic E-state index is 10.6. The van der Waals surface area contributed by atoms with Crippen molar-refractivity contribution in [2.45, 2.75) is 148 Å². The summed E-state index contributed by atoms with van der Waals surface area (Å²) < 4.78 is 29.9. The Balaban J connectivity index is 3.05. The van der Waals surface area contributed by atoms with Gasteiger partial charge in [0.1, 0.15) is 0 Å². The number of hydrogen-bond donors (Lipinski definition) is 2. The second kappa shape index (κ2) is 21.1. The van der Waals surface area contributed by atoms with Crippen LogP contribution in [0.3, 0.4) is 0 Å². The molecule has 4 nitrogen and oxygen atoms in total. The average Bonchev–Trinajstić information content (AvgIpc) is 2.64. The quantitative estimate of drug-likeness (QED) is 0.129. The largest absolute Gasteiger partial charge is 0.393 e. The predicted molar refractivity (Wildman–Crippen MR) is 125 cm³/mol. The van der Waals surface area contributed by atoms with Crippen LogP contribution in [-0.2, 0) is 10.1 Å². The fourth-order valence-electron chi connectivity index (χ4n) is 3.91. The molecule has 0 radical (unpaired) electrons. The van der Waals surface area contributed by atoms with Gasteiger partial charge in [-0.3, -0.25) is 4.55 Å². The normalized spacial score (nSPS) is 13.1. The van der Waals surface area contributed by atoms with Crippen LogP contribution in [-0.4, -0.2) is 29.9 Å². The van der Waals surface area contributed by atoms with Gasteiger partial charge in [-0.2, -0.15) is 8.42 Å². The van der Waals surface area contributed by atoms with Crippen molar-refractivity contribution < 1.29 is 18.1 Å². The van der Waals surface area contributed by atoms with Crippen molar-refractivity contribution >= 4 is 10.1 Å². The molecule has 0 rings (SSSR count). The van der Waals surface area contributed by atoms with Gasteiger partial charge in [-0.05, 0) is 19.8 Å². The molecule has 0 aromatic carbocycles. The van der Waals surface area contributed by atoms with Gasteiger partial charge in [0.15, 0.2) is 0 Å². The third kappa shape index (κ3) is 27.9. The first-order valence-corrected chi connectivity index (χ1v) is 14.2. The van der Waals surface area contributed by atoms with Crippen LogP contribution < -0.4 is 0 Å². The van der Waals surface area contributed by atoms with Gasteiger partial charge < -0.3 is 5.11 Å². The average molecular weight is 435 g/mol. The molecule has 0 saturated heterocycles.